The van der Waals surface area contributed by atoms with Gasteiger partial charge in [0.05, 0.1) is 17.4 Å². The number of hydrogen-bond acceptors (Lipinski definition) is 4. The number of aromatic amines is 1. The molecule has 1 atom stereocenters. The number of H-pyrrole nitrogens is 1. The van der Waals surface area contributed by atoms with Crippen molar-refractivity contribution in [2.45, 2.75) is 30.5 Å². The van der Waals surface area contributed by atoms with Crippen molar-refractivity contribution in [3.05, 3.63) is 65.5 Å². The number of amides is 1. The van der Waals surface area contributed by atoms with Crippen LogP contribution in [0.1, 0.15) is 30.0 Å². The molecule has 1 aliphatic carbocycles. The minimum Gasteiger partial charge on any atom is -0.338 e. The first-order chi connectivity index (χ1) is 13.6. The third kappa shape index (κ3) is 3.80. The van der Waals surface area contributed by atoms with E-state index in [2.05, 4.69) is 33.4 Å². The first kappa shape index (κ1) is 18.7. The van der Waals surface area contributed by atoms with Crippen LogP contribution in [0.4, 0.5) is 4.39 Å². The summed E-state index contributed by atoms with van der Waals surface area (Å²) in [4.78, 5) is 18.9. The van der Waals surface area contributed by atoms with Gasteiger partial charge in [-0.2, -0.15) is 0 Å². The second kappa shape index (κ2) is 8.14. The van der Waals surface area contributed by atoms with Crippen LogP contribution >= 0.6 is 11.8 Å². The standard InChI is InChI=1S/C21H21FN4OS/c1-26(18-12-6-8-14-7-2-3-9-15(14)18)19(27)13-28-21-23-20(24-25-21)16-10-4-5-11-17(16)22/h2-5,7,9-11,18H,6,8,12-13H2,1H3,(H,23,24,25)/t18-/m0/s1. The highest BCUT2D eigenvalue weighted by Gasteiger charge is 2.26. The second-order valence-corrected chi connectivity index (χ2v) is 7.79. The molecule has 1 aromatic heterocycles. The Morgan fingerprint density at radius 2 is 2.04 bits per heavy atom. The highest BCUT2D eigenvalue weighted by molar-refractivity contribution is 7.99. The molecule has 0 aliphatic heterocycles. The fourth-order valence-corrected chi connectivity index (χ4v) is 4.34. The molecule has 1 heterocycles. The molecule has 3 aromatic rings. The summed E-state index contributed by atoms with van der Waals surface area (Å²) in [7, 11) is 1.86. The topological polar surface area (TPSA) is 61.9 Å². The van der Waals surface area contributed by atoms with E-state index in [0.717, 1.165) is 19.3 Å². The lowest BCUT2D eigenvalue weighted by Gasteiger charge is -2.33. The van der Waals surface area contributed by atoms with Crippen molar-refractivity contribution in [2.24, 2.45) is 0 Å². The number of rotatable bonds is 5. The Bertz CT molecular complexity index is 990. The van der Waals surface area contributed by atoms with E-state index in [9.17, 15) is 9.18 Å². The molecule has 1 amide bonds. The van der Waals surface area contributed by atoms with Gasteiger partial charge in [0, 0.05) is 7.05 Å². The maximum atomic E-state index is 13.9. The maximum absolute atomic E-state index is 13.9. The molecule has 0 spiro atoms. The number of thioether (sulfide) groups is 1. The Morgan fingerprint density at radius 1 is 1.25 bits per heavy atom. The molecule has 0 saturated carbocycles. The summed E-state index contributed by atoms with van der Waals surface area (Å²) < 4.78 is 13.9. The zero-order valence-electron chi connectivity index (χ0n) is 15.6. The summed E-state index contributed by atoms with van der Waals surface area (Å²) in [6.45, 7) is 0. The average Bonchev–Trinajstić information content (AvgIpc) is 3.20. The van der Waals surface area contributed by atoms with Crippen molar-refractivity contribution in [3.8, 4) is 11.4 Å². The fraction of sp³-hybridized carbons (Fsp3) is 0.286. The number of aryl methyl sites for hydroxylation is 1. The molecule has 1 N–H and O–H groups in total. The van der Waals surface area contributed by atoms with Gasteiger partial charge < -0.3 is 4.90 Å². The summed E-state index contributed by atoms with van der Waals surface area (Å²) in [6.07, 6.45) is 3.13. The highest BCUT2D eigenvalue weighted by Crippen LogP contribution is 2.34. The van der Waals surface area contributed by atoms with E-state index in [0.29, 0.717) is 16.5 Å². The molecule has 2 aromatic carbocycles. The van der Waals surface area contributed by atoms with Crippen LogP contribution in [0.2, 0.25) is 0 Å². The van der Waals surface area contributed by atoms with E-state index in [1.165, 1.54) is 29.0 Å². The highest BCUT2D eigenvalue weighted by atomic mass is 32.2. The van der Waals surface area contributed by atoms with Crippen molar-refractivity contribution in [2.75, 3.05) is 12.8 Å². The molecule has 1 aliphatic rings. The third-order valence-corrected chi connectivity index (χ3v) is 5.95. The van der Waals surface area contributed by atoms with Gasteiger partial charge in [0.15, 0.2) is 5.82 Å². The molecule has 0 saturated heterocycles. The molecule has 7 heteroatoms. The minimum atomic E-state index is -0.359. The Hall–Kier alpha value is -2.67. The van der Waals surface area contributed by atoms with Crippen molar-refractivity contribution in [3.63, 3.8) is 0 Å². The SMILES string of the molecule is CN(C(=O)CSc1n[nH]c(-c2ccccc2F)n1)[C@H]1CCCc2ccccc21. The zero-order valence-corrected chi connectivity index (χ0v) is 16.4. The Morgan fingerprint density at radius 3 is 2.89 bits per heavy atom. The van der Waals surface area contributed by atoms with Crippen LogP contribution in [0.15, 0.2) is 53.7 Å². The summed E-state index contributed by atoms with van der Waals surface area (Å²) in [6, 6.07) is 14.8. The van der Waals surface area contributed by atoms with Gasteiger partial charge >= 0.3 is 0 Å². The Kier molecular flexibility index (Phi) is 5.43. The third-order valence-electron chi connectivity index (χ3n) is 5.12. The first-order valence-corrected chi connectivity index (χ1v) is 10.3. The molecule has 5 nitrogen and oxygen atoms in total. The van der Waals surface area contributed by atoms with E-state index < -0.39 is 0 Å². The van der Waals surface area contributed by atoms with Gasteiger partial charge in [-0.15, -0.1) is 5.10 Å². The van der Waals surface area contributed by atoms with E-state index in [4.69, 9.17) is 0 Å². The second-order valence-electron chi connectivity index (χ2n) is 6.85. The number of carbonyl (C=O) groups excluding carboxylic acids is 1. The lowest BCUT2D eigenvalue weighted by Crippen LogP contribution is -2.34. The maximum Gasteiger partial charge on any atom is 0.233 e. The zero-order chi connectivity index (χ0) is 19.5. The first-order valence-electron chi connectivity index (χ1n) is 9.27. The summed E-state index contributed by atoms with van der Waals surface area (Å²) in [5, 5.41) is 7.28. The number of hydrogen-bond donors (Lipinski definition) is 1. The molecule has 0 unspecified atom stereocenters. The summed E-state index contributed by atoms with van der Waals surface area (Å²) in [5.74, 6) is 0.275. The average molecular weight is 396 g/mol. The number of fused-ring (bicyclic) bond motifs is 1. The molecule has 0 radical (unpaired) electrons. The van der Waals surface area contributed by atoms with Crippen LogP contribution in [-0.4, -0.2) is 38.8 Å². The number of halogens is 1. The quantitative estimate of drug-likeness (QED) is 0.656. The van der Waals surface area contributed by atoms with Crippen LogP contribution in [0.5, 0.6) is 0 Å². The van der Waals surface area contributed by atoms with Gasteiger partial charge in [0.25, 0.3) is 0 Å². The van der Waals surface area contributed by atoms with Gasteiger partial charge in [0.2, 0.25) is 11.1 Å². The monoisotopic (exact) mass is 396 g/mol. The van der Waals surface area contributed by atoms with E-state index >= 15 is 0 Å². The number of nitrogens with zero attached hydrogens (tertiary/aromatic N) is 3. The predicted molar refractivity (Wildman–Crippen MR) is 107 cm³/mol. The molecule has 0 bridgehead atoms. The molecule has 0 fully saturated rings. The van der Waals surface area contributed by atoms with Gasteiger partial charge in [-0.3, -0.25) is 9.89 Å². The summed E-state index contributed by atoms with van der Waals surface area (Å²) in [5.41, 5.74) is 2.94. The van der Waals surface area contributed by atoms with Gasteiger partial charge in [-0.25, -0.2) is 9.37 Å². The Balaban J connectivity index is 1.41. The molecule has 4 rings (SSSR count). The van der Waals surface area contributed by atoms with Gasteiger partial charge in [0.1, 0.15) is 5.82 Å². The van der Waals surface area contributed by atoms with Crippen LogP contribution in [0, 0.1) is 5.82 Å². The molecule has 28 heavy (non-hydrogen) atoms. The van der Waals surface area contributed by atoms with Crippen LogP contribution in [0.3, 0.4) is 0 Å². The fourth-order valence-electron chi connectivity index (χ4n) is 3.62. The van der Waals surface area contributed by atoms with E-state index in [1.54, 1.807) is 18.2 Å². The lowest BCUT2D eigenvalue weighted by atomic mass is 9.87. The van der Waals surface area contributed by atoms with Crippen LogP contribution in [0.25, 0.3) is 11.4 Å². The number of benzene rings is 2. The van der Waals surface area contributed by atoms with Crippen molar-refractivity contribution in [1.82, 2.24) is 20.1 Å². The molecule has 144 valence electrons. The molecular weight excluding hydrogens is 375 g/mol. The van der Waals surface area contributed by atoms with Crippen molar-refractivity contribution >= 4 is 17.7 Å². The van der Waals surface area contributed by atoms with E-state index in [-0.39, 0.29) is 23.5 Å². The van der Waals surface area contributed by atoms with Crippen LogP contribution < -0.4 is 0 Å². The smallest absolute Gasteiger partial charge is 0.233 e. The van der Waals surface area contributed by atoms with Crippen molar-refractivity contribution in [1.29, 1.82) is 0 Å². The normalized spacial score (nSPS) is 15.9. The number of aromatic nitrogens is 3. The minimum absolute atomic E-state index is 0.0314. The lowest BCUT2D eigenvalue weighted by molar-refractivity contribution is -0.129. The number of nitrogens with one attached hydrogen (secondary N) is 1. The van der Waals surface area contributed by atoms with E-state index in [1.807, 2.05) is 18.0 Å². The van der Waals surface area contributed by atoms with Gasteiger partial charge in [-0.05, 0) is 42.5 Å². The largest absolute Gasteiger partial charge is 0.338 e. The van der Waals surface area contributed by atoms with Crippen molar-refractivity contribution < 1.29 is 9.18 Å². The summed E-state index contributed by atoms with van der Waals surface area (Å²) >= 11 is 1.26. The predicted octanol–water partition coefficient (Wildman–Crippen LogP) is 4.24. The van der Waals surface area contributed by atoms with Gasteiger partial charge in [-0.1, -0.05) is 48.2 Å². The Labute approximate surface area is 167 Å². The van der Waals surface area contributed by atoms with Crippen LogP contribution in [-0.2, 0) is 11.2 Å². The molecular formula is C21H21FN4OS. The number of carbonyl (C=O) groups is 1.